The van der Waals surface area contributed by atoms with Crippen molar-refractivity contribution in [3.05, 3.63) is 194 Å². The minimum atomic E-state index is 0.842. The first-order chi connectivity index (χ1) is 27.2. The molecule has 0 aliphatic rings. The average molecular weight is 701 g/mol. The molecule has 258 valence electrons. The number of fused-ring (bicyclic) bond motifs is 7. The number of para-hydroxylation sites is 2. The zero-order chi connectivity index (χ0) is 36.5. The Bertz CT molecular complexity index is 3300. The highest BCUT2D eigenvalue weighted by atomic mass is 15.1. The van der Waals surface area contributed by atoms with Gasteiger partial charge in [0.1, 0.15) is 5.82 Å². The fourth-order valence-corrected chi connectivity index (χ4v) is 9.04. The van der Waals surface area contributed by atoms with E-state index in [0.29, 0.717) is 0 Å². The first-order valence-corrected chi connectivity index (χ1v) is 19.2. The Morgan fingerprint density at radius 2 is 1.02 bits per heavy atom. The first-order valence-electron chi connectivity index (χ1n) is 19.2. The van der Waals surface area contributed by atoms with E-state index in [1.54, 1.807) is 0 Å². The molecule has 2 heteroatoms. The molecule has 0 amide bonds. The number of hydrogen-bond donors (Lipinski definition) is 0. The van der Waals surface area contributed by atoms with Crippen molar-refractivity contribution in [1.82, 2.24) is 9.55 Å². The summed E-state index contributed by atoms with van der Waals surface area (Å²) in [6.07, 6.45) is 0.842. The van der Waals surface area contributed by atoms with Gasteiger partial charge in [0.25, 0.3) is 0 Å². The fourth-order valence-electron chi connectivity index (χ4n) is 9.04. The molecule has 0 N–H and O–H groups in total. The SMILES string of the molecule is CCc1nc2ccccc2n1-c1ccc(-c2c3ccccc3c(-c3ccc4c(ccc5ccccc54)c3)c3ccc(-c4ccccc4)cc23)c2ccccc12. The van der Waals surface area contributed by atoms with E-state index in [-0.39, 0.29) is 0 Å². The second-order valence-corrected chi connectivity index (χ2v) is 14.5. The van der Waals surface area contributed by atoms with E-state index in [0.717, 1.165) is 29.0 Å². The van der Waals surface area contributed by atoms with E-state index < -0.39 is 0 Å². The third-order valence-electron chi connectivity index (χ3n) is 11.5. The Morgan fingerprint density at radius 1 is 0.400 bits per heavy atom. The van der Waals surface area contributed by atoms with E-state index in [1.807, 2.05) is 0 Å². The summed E-state index contributed by atoms with van der Waals surface area (Å²) in [5, 5.41) is 12.5. The topological polar surface area (TPSA) is 17.8 Å². The van der Waals surface area contributed by atoms with Crippen LogP contribution in [0.4, 0.5) is 0 Å². The molecule has 1 heterocycles. The molecule has 0 fully saturated rings. The zero-order valence-corrected chi connectivity index (χ0v) is 30.5. The van der Waals surface area contributed by atoms with Gasteiger partial charge in [-0.25, -0.2) is 4.98 Å². The van der Waals surface area contributed by atoms with Gasteiger partial charge < -0.3 is 0 Å². The summed E-state index contributed by atoms with van der Waals surface area (Å²) in [7, 11) is 0. The minimum absolute atomic E-state index is 0.842. The Kier molecular flexibility index (Phi) is 7.18. The monoisotopic (exact) mass is 700 g/mol. The van der Waals surface area contributed by atoms with Gasteiger partial charge in [0.05, 0.1) is 16.7 Å². The van der Waals surface area contributed by atoms with Gasteiger partial charge in [-0.3, -0.25) is 4.57 Å². The lowest BCUT2D eigenvalue weighted by Gasteiger charge is -2.21. The maximum absolute atomic E-state index is 5.05. The van der Waals surface area contributed by atoms with Crippen LogP contribution in [-0.2, 0) is 6.42 Å². The molecule has 0 aliphatic heterocycles. The van der Waals surface area contributed by atoms with Crippen LogP contribution in [0.5, 0.6) is 0 Å². The summed E-state index contributed by atoms with van der Waals surface area (Å²) in [6.45, 7) is 2.19. The molecule has 0 saturated heterocycles. The third kappa shape index (κ3) is 4.92. The second kappa shape index (κ2) is 12.5. The average Bonchev–Trinajstić information content (AvgIpc) is 3.64. The van der Waals surface area contributed by atoms with Crippen molar-refractivity contribution in [2.75, 3.05) is 0 Å². The molecule has 0 radical (unpaired) electrons. The van der Waals surface area contributed by atoms with E-state index in [2.05, 4.69) is 200 Å². The van der Waals surface area contributed by atoms with Crippen molar-refractivity contribution >= 4 is 64.9 Å². The number of imidazole rings is 1. The Hall–Kier alpha value is -7.03. The minimum Gasteiger partial charge on any atom is -0.296 e. The molecule has 0 bridgehead atoms. The summed E-state index contributed by atoms with van der Waals surface area (Å²) in [5.74, 6) is 1.07. The largest absolute Gasteiger partial charge is 0.296 e. The molecule has 0 spiro atoms. The predicted octanol–water partition coefficient (Wildman–Crippen LogP) is 14.4. The smallest absolute Gasteiger partial charge is 0.114 e. The van der Waals surface area contributed by atoms with Crippen LogP contribution < -0.4 is 0 Å². The molecule has 0 atom stereocenters. The number of aromatic nitrogens is 2. The lowest BCUT2D eigenvalue weighted by Crippen LogP contribution is -2.01. The third-order valence-corrected chi connectivity index (χ3v) is 11.5. The zero-order valence-electron chi connectivity index (χ0n) is 30.5. The number of rotatable bonds is 5. The Labute approximate surface area is 319 Å². The van der Waals surface area contributed by atoms with Crippen LogP contribution >= 0.6 is 0 Å². The summed E-state index contributed by atoms with van der Waals surface area (Å²) in [4.78, 5) is 5.05. The van der Waals surface area contributed by atoms with Crippen LogP contribution in [0.3, 0.4) is 0 Å². The summed E-state index contributed by atoms with van der Waals surface area (Å²) >= 11 is 0. The highest BCUT2D eigenvalue weighted by Crippen LogP contribution is 2.47. The van der Waals surface area contributed by atoms with Gasteiger partial charge in [0.15, 0.2) is 0 Å². The molecule has 0 unspecified atom stereocenters. The molecule has 10 aromatic carbocycles. The van der Waals surface area contributed by atoms with Crippen LogP contribution in [0.1, 0.15) is 12.7 Å². The standard InChI is InChI=1S/C53H36N2/c1-2-51-54-48-22-12-13-23-50(48)55(51)49-31-30-45(41-18-8-9-19-42(41)49)53-44-21-11-10-20-43(44)52(46-29-26-36(33-47(46)53)34-14-4-3-5-15-34)38-27-28-40-37(32-38)25-24-35-16-6-7-17-39(35)40/h3-33H,2H2,1H3. The van der Waals surface area contributed by atoms with Gasteiger partial charge in [0.2, 0.25) is 0 Å². The van der Waals surface area contributed by atoms with Crippen LogP contribution in [0, 0.1) is 0 Å². The van der Waals surface area contributed by atoms with Crippen molar-refractivity contribution < 1.29 is 0 Å². The van der Waals surface area contributed by atoms with Crippen LogP contribution in [0.2, 0.25) is 0 Å². The van der Waals surface area contributed by atoms with Crippen LogP contribution in [0.25, 0.3) is 104 Å². The van der Waals surface area contributed by atoms with Crippen molar-refractivity contribution in [3.8, 4) is 39.1 Å². The summed E-state index contributed by atoms with van der Waals surface area (Å²) < 4.78 is 2.36. The molecule has 1 aromatic heterocycles. The second-order valence-electron chi connectivity index (χ2n) is 14.5. The van der Waals surface area contributed by atoms with E-state index in [4.69, 9.17) is 4.98 Å². The molecule has 2 nitrogen and oxygen atoms in total. The number of hydrogen-bond acceptors (Lipinski definition) is 1. The number of nitrogens with zero attached hydrogens (tertiary/aromatic N) is 2. The van der Waals surface area contributed by atoms with E-state index in [1.165, 1.54) is 87.2 Å². The Balaban J connectivity index is 1.23. The summed E-state index contributed by atoms with van der Waals surface area (Å²) in [5.41, 5.74) is 10.7. The first kappa shape index (κ1) is 31.5. The van der Waals surface area contributed by atoms with Crippen molar-refractivity contribution in [2.45, 2.75) is 13.3 Å². The normalized spacial score (nSPS) is 11.8. The van der Waals surface area contributed by atoms with Gasteiger partial charge in [-0.2, -0.15) is 0 Å². The lowest BCUT2D eigenvalue weighted by atomic mass is 9.83. The Morgan fingerprint density at radius 3 is 1.85 bits per heavy atom. The predicted molar refractivity (Wildman–Crippen MR) is 234 cm³/mol. The molecular weight excluding hydrogens is 665 g/mol. The van der Waals surface area contributed by atoms with Crippen LogP contribution in [0.15, 0.2) is 188 Å². The number of benzene rings is 10. The van der Waals surface area contributed by atoms with Crippen molar-refractivity contribution in [2.24, 2.45) is 0 Å². The van der Waals surface area contributed by atoms with Crippen molar-refractivity contribution in [3.63, 3.8) is 0 Å². The quantitative estimate of drug-likeness (QED) is 0.129. The van der Waals surface area contributed by atoms with Gasteiger partial charge in [0, 0.05) is 11.8 Å². The maximum Gasteiger partial charge on any atom is 0.114 e. The van der Waals surface area contributed by atoms with Gasteiger partial charge in [-0.05, 0) is 112 Å². The van der Waals surface area contributed by atoms with E-state index >= 15 is 0 Å². The maximum atomic E-state index is 5.05. The fraction of sp³-hybridized carbons (Fsp3) is 0.0377. The highest BCUT2D eigenvalue weighted by Gasteiger charge is 2.21. The van der Waals surface area contributed by atoms with Crippen LogP contribution in [-0.4, -0.2) is 9.55 Å². The van der Waals surface area contributed by atoms with Gasteiger partial charge in [-0.1, -0.05) is 165 Å². The highest BCUT2D eigenvalue weighted by molar-refractivity contribution is 6.25. The molecule has 55 heavy (non-hydrogen) atoms. The molecule has 0 saturated carbocycles. The van der Waals surface area contributed by atoms with Gasteiger partial charge in [-0.15, -0.1) is 0 Å². The van der Waals surface area contributed by atoms with Gasteiger partial charge >= 0.3 is 0 Å². The summed E-state index contributed by atoms with van der Waals surface area (Å²) in [6, 6.07) is 69.1. The molecule has 11 rings (SSSR count). The lowest BCUT2D eigenvalue weighted by molar-refractivity contribution is 0.913. The van der Waals surface area contributed by atoms with Crippen molar-refractivity contribution in [1.29, 1.82) is 0 Å². The number of aryl methyl sites for hydroxylation is 1. The molecular formula is C53H36N2. The van der Waals surface area contributed by atoms with E-state index in [9.17, 15) is 0 Å². The molecule has 0 aliphatic carbocycles. The molecule has 11 aromatic rings.